The number of nitrogens with one attached hydrogen (secondary N) is 1. The van der Waals surface area contributed by atoms with E-state index in [2.05, 4.69) is 27.2 Å². The minimum atomic E-state index is -0.498. The molecule has 0 aliphatic carbocycles. The van der Waals surface area contributed by atoms with Crippen LogP contribution in [0.25, 0.3) is 22.1 Å². The molecule has 0 spiro atoms. The first-order valence-electron chi connectivity index (χ1n) is 12.5. The fraction of sp³-hybridized carbons (Fsp3) is 0.226. The van der Waals surface area contributed by atoms with E-state index in [-0.39, 0.29) is 16.9 Å². The Bertz CT molecular complexity index is 1800. The Morgan fingerprint density at radius 2 is 1.82 bits per heavy atom. The Morgan fingerprint density at radius 1 is 1.05 bits per heavy atom. The Morgan fingerprint density at radius 3 is 2.55 bits per heavy atom. The Labute approximate surface area is 221 Å². The number of nitrogens with zero attached hydrogens (tertiary/aromatic N) is 4. The molecular weight excluding hydrogens is 474 g/mol. The van der Waals surface area contributed by atoms with Gasteiger partial charge in [-0.2, -0.15) is 5.10 Å². The zero-order valence-electron chi connectivity index (χ0n) is 22.1. The molecule has 7 heteroatoms. The van der Waals surface area contributed by atoms with E-state index in [0.717, 1.165) is 5.39 Å². The van der Waals surface area contributed by atoms with Gasteiger partial charge in [0.15, 0.2) is 5.65 Å². The van der Waals surface area contributed by atoms with Gasteiger partial charge in [0.1, 0.15) is 5.56 Å². The number of hydrogen-bond donors (Lipinski definition) is 1. The lowest BCUT2D eigenvalue weighted by molar-refractivity contribution is 0.0939. The van der Waals surface area contributed by atoms with E-state index in [1.165, 1.54) is 0 Å². The minimum absolute atomic E-state index is 0.183. The average Bonchev–Trinajstić information content (AvgIpc) is 3.23. The summed E-state index contributed by atoms with van der Waals surface area (Å²) in [5, 5.41) is 8.80. The van der Waals surface area contributed by atoms with Crippen molar-refractivity contribution in [2.45, 2.75) is 40.7 Å². The van der Waals surface area contributed by atoms with Crippen LogP contribution in [0.2, 0.25) is 0 Å². The molecule has 7 nitrogen and oxygen atoms in total. The van der Waals surface area contributed by atoms with Gasteiger partial charge >= 0.3 is 0 Å². The Balaban J connectivity index is 1.66. The minimum Gasteiger partial charge on any atom is -0.344 e. The van der Waals surface area contributed by atoms with E-state index in [0.29, 0.717) is 39.2 Å². The number of fused-ring (bicyclic) bond motifs is 2. The van der Waals surface area contributed by atoms with Crippen molar-refractivity contribution in [1.82, 2.24) is 24.5 Å². The zero-order chi connectivity index (χ0) is 27.0. The molecular formula is C31H29N5O2. The van der Waals surface area contributed by atoms with Gasteiger partial charge in [-0.05, 0) is 70.3 Å². The number of aryl methyl sites for hydroxylation is 1. The topological polar surface area (TPSA) is 81.3 Å². The Kier molecular flexibility index (Phi) is 6.33. The third-order valence-electron chi connectivity index (χ3n) is 6.25. The van der Waals surface area contributed by atoms with E-state index < -0.39 is 6.04 Å². The maximum atomic E-state index is 14.1. The molecule has 5 aromatic rings. The van der Waals surface area contributed by atoms with Gasteiger partial charge in [-0.3, -0.25) is 14.2 Å². The lowest BCUT2D eigenvalue weighted by Gasteiger charge is -2.21. The summed E-state index contributed by atoms with van der Waals surface area (Å²) < 4.78 is 3.25. The highest BCUT2D eigenvalue weighted by Crippen LogP contribution is 2.24. The van der Waals surface area contributed by atoms with E-state index in [4.69, 9.17) is 0 Å². The van der Waals surface area contributed by atoms with Crippen molar-refractivity contribution < 1.29 is 4.79 Å². The van der Waals surface area contributed by atoms with Crippen LogP contribution in [0.4, 0.5) is 0 Å². The van der Waals surface area contributed by atoms with Gasteiger partial charge in [0.25, 0.3) is 11.5 Å². The Hall–Kier alpha value is -4.70. The van der Waals surface area contributed by atoms with Crippen LogP contribution in [0.5, 0.6) is 0 Å². The second-order valence-electron chi connectivity index (χ2n) is 10.4. The van der Waals surface area contributed by atoms with Crippen LogP contribution < -0.4 is 10.9 Å². The van der Waals surface area contributed by atoms with Crippen LogP contribution in [-0.4, -0.2) is 25.1 Å². The van der Waals surface area contributed by atoms with E-state index >= 15 is 0 Å². The van der Waals surface area contributed by atoms with Crippen LogP contribution in [0.3, 0.4) is 0 Å². The second kappa shape index (κ2) is 9.64. The van der Waals surface area contributed by atoms with Gasteiger partial charge < -0.3 is 5.32 Å². The van der Waals surface area contributed by atoms with Crippen LogP contribution >= 0.6 is 0 Å². The number of hydrogen-bond acceptors (Lipinski definition) is 4. The molecule has 0 radical (unpaired) electrons. The quantitative estimate of drug-likeness (QED) is 0.341. The predicted octanol–water partition coefficient (Wildman–Crippen LogP) is 5.23. The number of para-hydroxylation sites is 1. The van der Waals surface area contributed by atoms with Crippen molar-refractivity contribution in [3.63, 3.8) is 0 Å². The molecule has 1 N–H and O–H groups in total. The van der Waals surface area contributed by atoms with Crippen LogP contribution in [0, 0.1) is 24.2 Å². The molecule has 3 aromatic heterocycles. The number of benzene rings is 2. The first kappa shape index (κ1) is 25.0. The summed E-state index contributed by atoms with van der Waals surface area (Å²) in [4.78, 5) is 31.9. The van der Waals surface area contributed by atoms with E-state index in [1.54, 1.807) is 34.5 Å². The molecule has 190 valence electrons. The van der Waals surface area contributed by atoms with Crippen molar-refractivity contribution in [2.75, 3.05) is 0 Å². The fourth-order valence-electron chi connectivity index (χ4n) is 4.51. The van der Waals surface area contributed by atoms with Crippen molar-refractivity contribution in [3.8, 4) is 17.5 Å². The maximum Gasteiger partial charge on any atom is 0.264 e. The van der Waals surface area contributed by atoms with Crippen LogP contribution in [-0.2, 0) is 0 Å². The van der Waals surface area contributed by atoms with Gasteiger partial charge in [0.05, 0.1) is 17.1 Å². The summed E-state index contributed by atoms with van der Waals surface area (Å²) in [6.07, 6.45) is 3.39. The van der Waals surface area contributed by atoms with Crippen molar-refractivity contribution in [3.05, 3.63) is 106 Å². The summed E-state index contributed by atoms with van der Waals surface area (Å²) in [5.74, 6) is 6.16. The number of carbonyl (C=O) groups is 1. The van der Waals surface area contributed by atoms with Gasteiger partial charge in [-0.1, -0.05) is 42.2 Å². The molecule has 0 bridgehead atoms. The molecule has 2 aromatic carbocycles. The molecule has 38 heavy (non-hydrogen) atoms. The molecule has 0 saturated heterocycles. The van der Waals surface area contributed by atoms with Crippen molar-refractivity contribution >= 4 is 22.3 Å². The highest BCUT2D eigenvalue weighted by Gasteiger charge is 2.23. The normalized spacial score (nSPS) is 12.2. The van der Waals surface area contributed by atoms with Gasteiger partial charge in [-0.25, -0.2) is 9.50 Å². The highest BCUT2D eigenvalue weighted by molar-refractivity contribution is 6.01. The lowest BCUT2D eigenvalue weighted by Crippen LogP contribution is -2.32. The number of aromatic nitrogens is 4. The summed E-state index contributed by atoms with van der Waals surface area (Å²) in [7, 11) is 0. The summed E-state index contributed by atoms with van der Waals surface area (Å²) in [6, 6.07) is 18.4. The molecule has 1 atom stereocenters. The fourth-order valence-corrected chi connectivity index (χ4v) is 4.51. The zero-order valence-corrected chi connectivity index (χ0v) is 22.1. The lowest BCUT2D eigenvalue weighted by atomic mass is 9.96. The molecule has 0 aliphatic rings. The highest BCUT2D eigenvalue weighted by atomic mass is 16.2. The van der Waals surface area contributed by atoms with Crippen LogP contribution in [0.15, 0.2) is 77.9 Å². The average molecular weight is 504 g/mol. The third kappa shape index (κ3) is 4.69. The monoisotopic (exact) mass is 503 g/mol. The smallest absolute Gasteiger partial charge is 0.264 e. The molecule has 0 fully saturated rings. The molecule has 0 saturated carbocycles. The predicted molar refractivity (Wildman–Crippen MR) is 149 cm³/mol. The van der Waals surface area contributed by atoms with E-state index in [9.17, 15) is 9.59 Å². The summed E-state index contributed by atoms with van der Waals surface area (Å²) >= 11 is 0. The van der Waals surface area contributed by atoms with Gasteiger partial charge in [0, 0.05) is 34.8 Å². The number of carbonyl (C=O) groups excluding carboxylic acids is 1. The largest absolute Gasteiger partial charge is 0.344 e. The van der Waals surface area contributed by atoms with Gasteiger partial charge in [0.2, 0.25) is 0 Å². The molecule has 3 heterocycles. The number of rotatable bonds is 4. The summed E-state index contributed by atoms with van der Waals surface area (Å²) in [6.45, 7) is 9.77. The number of pyridine rings is 1. The molecule has 1 amide bonds. The number of amides is 1. The molecule has 0 aliphatic heterocycles. The SMILES string of the molecule is Cc1nn2cccnc2c1C(=O)N[C@@H](C)c1cc2cccc(C#CC(C)(C)C)c2c(=O)n1-c1ccccc1. The summed E-state index contributed by atoms with van der Waals surface area (Å²) in [5.41, 5.74) is 3.13. The van der Waals surface area contributed by atoms with E-state index in [1.807, 2.05) is 82.3 Å². The molecule has 5 rings (SSSR count). The van der Waals surface area contributed by atoms with Crippen molar-refractivity contribution in [2.24, 2.45) is 5.41 Å². The molecule has 0 unspecified atom stereocenters. The first-order chi connectivity index (χ1) is 18.1. The van der Waals surface area contributed by atoms with Crippen LogP contribution in [0.1, 0.15) is 61.0 Å². The maximum absolute atomic E-state index is 14.1. The first-order valence-corrected chi connectivity index (χ1v) is 12.5. The second-order valence-corrected chi connectivity index (χ2v) is 10.4. The third-order valence-corrected chi connectivity index (χ3v) is 6.25. The van der Waals surface area contributed by atoms with Gasteiger partial charge in [-0.15, -0.1) is 0 Å². The van der Waals surface area contributed by atoms with Crippen molar-refractivity contribution in [1.29, 1.82) is 0 Å². The standard InChI is InChI=1S/C31H29N5O2/c1-20(33-29(37)26-21(2)34-35-18-10-17-32-28(26)35)25-19-23-12-9-11-22(15-16-31(3,4)5)27(23)30(38)36(25)24-13-7-6-8-14-24/h6-14,17-20H,1-5H3,(H,33,37)/t20-/m0/s1.